The van der Waals surface area contributed by atoms with Gasteiger partial charge in [-0.3, -0.25) is 0 Å². The van der Waals surface area contributed by atoms with Gasteiger partial charge < -0.3 is 9.47 Å². The summed E-state index contributed by atoms with van der Waals surface area (Å²) in [6, 6.07) is 8.34. The van der Waals surface area contributed by atoms with Gasteiger partial charge in [0.1, 0.15) is 5.75 Å². The molecule has 1 aromatic carbocycles. The minimum atomic E-state index is 0.340. The zero-order valence-corrected chi connectivity index (χ0v) is 9.40. The van der Waals surface area contributed by atoms with Crippen LogP contribution in [-0.2, 0) is 4.74 Å². The Morgan fingerprint density at radius 1 is 1.27 bits per heavy atom. The van der Waals surface area contributed by atoms with Crippen molar-refractivity contribution >= 4 is 0 Å². The van der Waals surface area contributed by atoms with Crippen LogP contribution in [0.15, 0.2) is 24.3 Å². The fourth-order valence-corrected chi connectivity index (χ4v) is 2.21. The van der Waals surface area contributed by atoms with E-state index < -0.39 is 0 Å². The van der Waals surface area contributed by atoms with Crippen LogP contribution in [0.2, 0.25) is 0 Å². The summed E-state index contributed by atoms with van der Waals surface area (Å²) >= 11 is 0. The van der Waals surface area contributed by atoms with Gasteiger partial charge in [-0.15, -0.1) is 0 Å². The van der Waals surface area contributed by atoms with Crippen molar-refractivity contribution in [1.82, 2.24) is 0 Å². The molecule has 82 valence electrons. The summed E-state index contributed by atoms with van der Waals surface area (Å²) < 4.78 is 10.8. The second kappa shape index (κ2) is 4.67. The van der Waals surface area contributed by atoms with Crippen LogP contribution in [0.25, 0.3) is 0 Å². The SMILES string of the molecule is COc1ccc(C2CCCOC2C)cc1. The van der Waals surface area contributed by atoms with Crippen molar-refractivity contribution in [2.75, 3.05) is 13.7 Å². The van der Waals surface area contributed by atoms with Gasteiger partial charge in [0.05, 0.1) is 13.2 Å². The zero-order chi connectivity index (χ0) is 10.7. The van der Waals surface area contributed by atoms with Gasteiger partial charge in [0.15, 0.2) is 0 Å². The van der Waals surface area contributed by atoms with E-state index in [0.29, 0.717) is 12.0 Å². The summed E-state index contributed by atoms with van der Waals surface area (Å²) in [5.41, 5.74) is 1.36. The van der Waals surface area contributed by atoms with Crippen LogP contribution < -0.4 is 4.74 Å². The lowest BCUT2D eigenvalue weighted by Gasteiger charge is -2.29. The van der Waals surface area contributed by atoms with Crippen LogP contribution in [0.5, 0.6) is 5.75 Å². The molecule has 1 saturated heterocycles. The van der Waals surface area contributed by atoms with Crippen molar-refractivity contribution in [3.8, 4) is 5.75 Å². The van der Waals surface area contributed by atoms with E-state index in [1.807, 2.05) is 12.1 Å². The van der Waals surface area contributed by atoms with Crippen molar-refractivity contribution in [3.63, 3.8) is 0 Å². The van der Waals surface area contributed by atoms with E-state index in [9.17, 15) is 0 Å². The lowest BCUT2D eigenvalue weighted by molar-refractivity contribution is 0.0115. The van der Waals surface area contributed by atoms with Crippen LogP contribution in [0.3, 0.4) is 0 Å². The van der Waals surface area contributed by atoms with E-state index in [1.165, 1.54) is 18.4 Å². The maximum Gasteiger partial charge on any atom is 0.118 e. The predicted molar refractivity (Wildman–Crippen MR) is 60.4 cm³/mol. The Morgan fingerprint density at radius 3 is 2.60 bits per heavy atom. The topological polar surface area (TPSA) is 18.5 Å². The number of hydrogen-bond donors (Lipinski definition) is 0. The van der Waals surface area contributed by atoms with Crippen LogP contribution >= 0.6 is 0 Å². The van der Waals surface area contributed by atoms with Crippen molar-refractivity contribution in [2.45, 2.75) is 31.8 Å². The van der Waals surface area contributed by atoms with Gasteiger partial charge in [0.25, 0.3) is 0 Å². The number of benzene rings is 1. The quantitative estimate of drug-likeness (QED) is 0.740. The third kappa shape index (κ3) is 2.32. The largest absolute Gasteiger partial charge is 0.497 e. The molecule has 0 aliphatic carbocycles. The molecule has 0 spiro atoms. The van der Waals surface area contributed by atoms with Crippen molar-refractivity contribution in [2.24, 2.45) is 0 Å². The fraction of sp³-hybridized carbons (Fsp3) is 0.538. The average molecular weight is 206 g/mol. The van der Waals surface area contributed by atoms with E-state index in [-0.39, 0.29) is 0 Å². The molecule has 0 aromatic heterocycles. The molecule has 0 amide bonds. The Morgan fingerprint density at radius 2 is 2.00 bits per heavy atom. The standard InChI is InChI=1S/C13H18O2/c1-10-13(4-3-9-15-10)11-5-7-12(14-2)8-6-11/h5-8,10,13H,3-4,9H2,1-2H3. The number of methoxy groups -OCH3 is 1. The lowest BCUT2D eigenvalue weighted by Crippen LogP contribution is -2.24. The first-order valence-electron chi connectivity index (χ1n) is 5.57. The third-order valence-electron chi connectivity index (χ3n) is 3.15. The molecule has 2 unspecified atom stereocenters. The summed E-state index contributed by atoms with van der Waals surface area (Å²) in [5.74, 6) is 1.47. The highest BCUT2D eigenvalue weighted by molar-refractivity contribution is 5.30. The normalized spacial score (nSPS) is 26.3. The maximum absolute atomic E-state index is 5.67. The number of ether oxygens (including phenoxy) is 2. The Bertz CT molecular complexity index is 305. The summed E-state index contributed by atoms with van der Waals surface area (Å²) in [5, 5.41) is 0. The summed E-state index contributed by atoms with van der Waals surface area (Å²) in [7, 11) is 1.70. The molecule has 2 heteroatoms. The van der Waals surface area contributed by atoms with Gasteiger partial charge in [0, 0.05) is 12.5 Å². The number of hydrogen-bond acceptors (Lipinski definition) is 2. The molecule has 1 heterocycles. The molecule has 1 aromatic rings. The van der Waals surface area contributed by atoms with E-state index in [4.69, 9.17) is 9.47 Å². The van der Waals surface area contributed by atoms with Crippen LogP contribution in [-0.4, -0.2) is 19.8 Å². The van der Waals surface area contributed by atoms with E-state index in [0.717, 1.165) is 12.4 Å². The van der Waals surface area contributed by atoms with Crippen molar-refractivity contribution in [3.05, 3.63) is 29.8 Å². The Kier molecular flexibility index (Phi) is 3.27. The molecule has 0 bridgehead atoms. The summed E-state index contributed by atoms with van der Waals surface area (Å²) in [4.78, 5) is 0. The monoisotopic (exact) mass is 206 g/mol. The van der Waals surface area contributed by atoms with Crippen LogP contribution in [0, 0.1) is 0 Å². The van der Waals surface area contributed by atoms with Gasteiger partial charge in [-0.1, -0.05) is 12.1 Å². The van der Waals surface area contributed by atoms with Crippen molar-refractivity contribution in [1.29, 1.82) is 0 Å². The lowest BCUT2D eigenvalue weighted by atomic mass is 9.88. The summed E-state index contributed by atoms with van der Waals surface area (Å²) in [6.45, 7) is 3.07. The minimum absolute atomic E-state index is 0.340. The molecular formula is C13H18O2. The first kappa shape index (κ1) is 10.5. The second-order valence-corrected chi connectivity index (χ2v) is 4.10. The maximum atomic E-state index is 5.67. The molecule has 2 rings (SSSR count). The second-order valence-electron chi connectivity index (χ2n) is 4.10. The van der Waals surface area contributed by atoms with E-state index in [1.54, 1.807) is 7.11 Å². The van der Waals surface area contributed by atoms with Crippen LogP contribution in [0.1, 0.15) is 31.2 Å². The zero-order valence-electron chi connectivity index (χ0n) is 9.40. The van der Waals surface area contributed by atoms with Gasteiger partial charge in [-0.05, 0) is 37.5 Å². The molecule has 15 heavy (non-hydrogen) atoms. The molecule has 1 aliphatic rings. The molecule has 2 nitrogen and oxygen atoms in total. The highest BCUT2D eigenvalue weighted by atomic mass is 16.5. The Balaban J connectivity index is 2.13. The van der Waals surface area contributed by atoms with E-state index >= 15 is 0 Å². The van der Waals surface area contributed by atoms with Gasteiger partial charge in [-0.2, -0.15) is 0 Å². The number of rotatable bonds is 2. The molecular weight excluding hydrogens is 188 g/mol. The minimum Gasteiger partial charge on any atom is -0.497 e. The molecule has 2 atom stereocenters. The molecule has 1 aliphatic heterocycles. The Hall–Kier alpha value is -1.02. The van der Waals surface area contributed by atoms with Crippen molar-refractivity contribution < 1.29 is 9.47 Å². The third-order valence-corrected chi connectivity index (χ3v) is 3.15. The van der Waals surface area contributed by atoms with Gasteiger partial charge in [0.2, 0.25) is 0 Å². The predicted octanol–water partition coefficient (Wildman–Crippen LogP) is 2.98. The average Bonchev–Trinajstić information content (AvgIpc) is 2.30. The molecule has 0 N–H and O–H groups in total. The van der Waals surface area contributed by atoms with Crippen LogP contribution in [0.4, 0.5) is 0 Å². The fourth-order valence-electron chi connectivity index (χ4n) is 2.21. The smallest absolute Gasteiger partial charge is 0.118 e. The van der Waals surface area contributed by atoms with Gasteiger partial charge in [-0.25, -0.2) is 0 Å². The summed E-state index contributed by atoms with van der Waals surface area (Å²) in [6.07, 6.45) is 2.74. The highest BCUT2D eigenvalue weighted by Crippen LogP contribution is 2.31. The first-order chi connectivity index (χ1) is 7.31. The van der Waals surface area contributed by atoms with Gasteiger partial charge >= 0.3 is 0 Å². The first-order valence-corrected chi connectivity index (χ1v) is 5.57. The Labute approximate surface area is 91.2 Å². The molecule has 0 saturated carbocycles. The van der Waals surface area contributed by atoms with E-state index in [2.05, 4.69) is 19.1 Å². The highest BCUT2D eigenvalue weighted by Gasteiger charge is 2.23. The molecule has 0 radical (unpaired) electrons. The molecule has 1 fully saturated rings.